The SMILES string of the molecule is CC(=O)NC(=O)N/C(=N/S(=O)(=O)c1ccc(C(F)(F)F)cc1)n1cc(-c2ccccc2)c(-c2ccc(Cl)cc2)n1. The highest BCUT2D eigenvalue weighted by atomic mass is 35.5. The molecular weight excluding hydrogens is 571 g/mol. The number of hydrogen-bond acceptors (Lipinski definition) is 5. The van der Waals surface area contributed by atoms with Gasteiger partial charge in [0.05, 0.1) is 10.5 Å². The van der Waals surface area contributed by atoms with Gasteiger partial charge in [0.15, 0.2) is 0 Å². The largest absolute Gasteiger partial charge is 0.416 e. The predicted octanol–water partition coefficient (Wildman–Crippen LogP) is 5.33. The van der Waals surface area contributed by atoms with E-state index in [1.807, 2.05) is 5.32 Å². The number of nitrogens with zero attached hydrogens (tertiary/aromatic N) is 3. The van der Waals surface area contributed by atoms with Gasteiger partial charge in [-0.05, 0) is 42.0 Å². The summed E-state index contributed by atoms with van der Waals surface area (Å²) in [5.74, 6) is -1.38. The predicted molar refractivity (Wildman–Crippen MR) is 142 cm³/mol. The van der Waals surface area contributed by atoms with Crippen LogP contribution in [-0.4, -0.2) is 36.1 Å². The van der Waals surface area contributed by atoms with Gasteiger partial charge >= 0.3 is 12.2 Å². The van der Waals surface area contributed by atoms with Gasteiger partial charge in [0.2, 0.25) is 11.9 Å². The third kappa shape index (κ3) is 6.74. The van der Waals surface area contributed by atoms with E-state index >= 15 is 0 Å². The Hall–Kier alpha value is -4.49. The highest BCUT2D eigenvalue weighted by Crippen LogP contribution is 2.32. The fraction of sp³-hybridized carbons (Fsp3) is 0.0769. The summed E-state index contributed by atoms with van der Waals surface area (Å²) in [6, 6.07) is 17.1. The van der Waals surface area contributed by atoms with Crippen molar-refractivity contribution in [3.63, 3.8) is 0 Å². The summed E-state index contributed by atoms with van der Waals surface area (Å²) in [6.07, 6.45) is -3.27. The van der Waals surface area contributed by atoms with Gasteiger partial charge in [-0.25, -0.2) is 9.48 Å². The molecule has 0 fully saturated rings. The number of amides is 3. The smallest absolute Gasteiger partial charge is 0.278 e. The van der Waals surface area contributed by atoms with Crippen LogP contribution in [0.15, 0.2) is 94.4 Å². The van der Waals surface area contributed by atoms with Gasteiger partial charge in [-0.15, -0.1) is 4.40 Å². The number of nitrogens with one attached hydrogen (secondary N) is 2. The molecule has 0 aliphatic carbocycles. The molecule has 1 heterocycles. The number of halogens is 4. The van der Waals surface area contributed by atoms with Gasteiger partial charge < -0.3 is 0 Å². The molecule has 0 spiro atoms. The Bertz CT molecular complexity index is 1690. The molecule has 0 unspecified atom stereocenters. The lowest BCUT2D eigenvalue weighted by Crippen LogP contribution is -2.44. The zero-order valence-corrected chi connectivity index (χ0v) is 22.1. The number of sulfonamides is 1. The van der Waals surface area contributed by atoms with Gasteiger partial charge in [0.25, 0.3) is 10.0 Å². The molecule has 9 nitrogen and oxygen atoms in total. The molecule has 40 heavy (non-hydrogen) atoms. The van der Waals surface area contributed by atoms with E-state index in [9.17, 15) is 31.2 Å². The zero-order valence-electron chi connectivity index (χ0n) is 20.5. The first-order valence-electron chi connectivity index (χ1n) is 11.4. The Labute approximate surface area is 231 Å². The molecule has 3 amide bonds. The molecule has 4 aromatic rings. The van der Waals surface area contributed by atoms with Crippen LogP contribution in [0.25, 0.3) is 22.4 Å². The van der Waals surface area contributed by atoms with Gasteiger partial charge in [-0.3, -0.25) is 15.4 Å². The molecular formula is C26H19ClF3N5O4S. The Morgan fingerprint density at radius 1 is 0.900 bits per heavy atom. The number of urea groups is 1. The van der Waals surface area contributed by atoms with Crippen molar-refractivity contribution in [2.45, 2.75) is 18.0 Å². The number of imide groups is 1. The number of hydrogen-bond donors (Lipinski definition) is 2. The lowest BCUT2D eigenvalue weighted by molar-refractivity contribution is -0.137. The first-order chi connectivity index (χ1) is 18.8. The van der Waals surface area contributed by atoms with Crippen molar-refractivity contribution in [3.05, 3.63) is 95.6 Å². The fourth-order valence-corrected chi connectivity index (χ4v) is 4.60. The Morgan fingerprint density at radius 2 is 1.52 bits per heavy atom. The minimum Gasteiger partial charge on any atom is -0.278 e. The van der Waals surface area contributed by atoms with Crippen LogP contribution in [0.2, 0.25) is 5.02 Å². The van der Waals surface area contributed by atoms with Crippen LogP contribution in [0.4, 0.5) is 18.0 Å². The average Bonchev–Trinajstić information content (AvgIpc) is 3.34. The summed E-state index contributed by atoms with van der Waals surface area (Å²) < 4.78 is 69.7. The number of alkyl halides is 3. The van der Waals surface area contributed by atoms with Gasteiger partial charge in [0.1, 0.15) is 5.69 Å². The standard InChI is InChI=1S/C26H19ClF3N5O4S/c1-16(36)31-25(37)32-24(34-40(38,39)21-13-9-19(10-14-21)26(28,29)30)35-15-22(17-5-3-2-4-6-17)23(33-35)18-7-11-20(27)12-8-18/h2-15H,1H3,(H2,31,32,34,36,37). The highest BCUT2D eigenvalue weighted by Gasteiger charge is 2.31. The number of carbonyl (C=O) groups excluding carboxylic acids is 2. The molecule has 1 aromatic heterocycles. The monoisotopic (exact) mass is 589 g/mol. The van der Waals surface area contributed by atoms with Crippen molar-refractivity contribution in [2.75, 3.05) is 0 Å². The molecule has 0 saturated heterocycles. The number of carbonyl (C=O) groups is 2. The first kappa shape index (κ1) is 28.5. The molecule has 0 saturated carbocycles. The number of benzene rings is 3. The number of rotatable bonds is 4. The molecule has 0 aliphatic heterocycles. The molecule has 0 atom stereocenters. The van der Waals surface area contributed by atoms with Gasteiger partial charge in [-0.2, -0.15) is 26.7 Å². The quantitative estimate of drug-likeness (QED) is 0.246. The minimum absolute atomic E-state index is 0.372. The van der Waals surface area contributed by atoms with E-state index in [1.165, 1.54) is 6.20 Å². The van der Waals surface area contributed by atoms with Crippen molar-refractivity contribution in [1.82, 2.24) is 20.4 Å². The molecule has 0 bridgehead atoms. The summed E-state index contributed by atoms with van der Waals surface area (Å²) in [7, 11) is -4.67. The zero-order chi connectivity index (χ0) is 29.1. The van der Waals surface area contributed by atoms with E-state index < -0.39 is 44.6 Å². The minimum atomic E-state index is -4.68. The normalized spacial score (nSPS) is 12.2. The third-order valence-electron chi connectivity index (χ3n) is 5.33. The Morgan fingerprint density at radius 3 is 2.10 bits per heavy atom. The summed E-state index contributed by atoms with van der Waals surface area (Å²) in [6.45, 7) is 1.06. The second-order valence-electron chi connectivity index (χ2n) is 8.26. The van der Waals surface area contributed by atoms with Crippen LogP contribution >= 0.6 is 11.6 Å². The van der Waals surface area contributed by atoms with Crippen molar-refractivity contribution in [2.24, 2.45) is 4.40 Å². The fourth-order valence-electron chi connectivity index (χ4n) is 3.53. The maximum atomic E-state index is 13.1. The lowest BCUT2D eigenvalue weighted by atomic mass is 10.0. The van der Waals surface area contributed by atoms with Crippen LogP contribution in [0.1, 0.15) is 12.5 Å². The van der Waals surface area contributed by atoms with Crippen molar-refractivity contribution < 1.29 is 31.2 Å². The van der Waals surface area contributed by atoms with E-state index in [2.05, 4.69) is 14.8 Å². The second-order valence-corrected chi connectivity index (χ2v) is 10.3. The summed E-state index contributed by atoms with van der Waals surface area (Å²) >= 11 is 6.02. The van der Waals surface area contributed by atoms with E-state index in [-0.39, 0.29) is 0 Å². The summed E-state index contributed by atoms with van der Waals surface area (Å²) in [4.78, 5) is 23.2. The Kier molecular flexibility index (Phi) is 8.07. The topological polar surface area (TPSA) is 123 Å². The van der Waals surface area contributed by atoms with Crippen LogP contribution < -0.4 is 10.6 Å². The van der Waals surface area contributed by atoms with Crippen LogP contribution in [0, 0.1) is 0 Å². The van der Waals surface area contributed by atoms with Gasteiger partial charge in [0, 0.05) is 29.3 Å². The van der Waals surface area contributed by atoms with Crippen molar-refractivity contribution in [3.8, 4) is 22.4 Å². The Balaban J connectivity index is 1.86. The first-order valence-corrected chi connectivity index (χ1v) is 13.2. The summed E-state index contributed by atoms with van der Waals surface area (Å²) in [5.41, 5.74) is 1.13. The highest BCUT2D eigenvalue weighted by molar-refractivity contribution is 7.90. The van der Waals surface area contributed by atoms with Gasteiger partial charge in [-0.1, -0.05) is 54.1 Å². The summed E-state index contributed by atoms with van der Waals surface area (Å²) in [5, 5.41) is 9.03. The lowest BCUT2D eigenvalue weighted by Gasteiger charge is -2.10. The molecule has 0 radical (unpaired) electrons. The average molecular weight is 590 g/mol. The van der Waals surface area contributed by atoms with Crippen LogP contribution in [-0.2, 0) is 21.0 Å². The molecule has 0 aliphatic rings. The van der Waals surface area contributed by atoms with E-state index in [0.29, 0.717) is 39.5 Å². The van der Waals surface area contributed by atoms with E-state index in [0.717, 1.165) is 23.7 Å². The number of aromatic nitrogens is 2. The third-order valence-corrected chi connectivity index (χ3v) is 6.87. The molecule has 14 heteroatoms. The maximum Gasteiger partial charge on any atom is 0.416 e. The van der Waals surface area contributed by atoms with Crippen molar-refractivity contribution in [1.29, 1.82) is 0 Å². The van der Waals surface area contributed by atoms with E-state index in [1.54, 1.807) is 54.6 Å². The van der Waals surface area contributed by atoms with Crippen LogP contribution in [0.5, 0.6) is 0 Å². The second kappa shape index (κ2) is 11.3. The molecule has 206 valence electrons. The van der Waals surface area contributed by atoms with Crippen molar-refractivity contribution >= 4 is 39.5 Å². The van der Waals surface area contributed by atoms with Crippen LogP contribution in [0.3, 0.4) is 0 Å². The molecule has 3 aromatic carbocycles. The molecule has 4 rings (SSSR count). The van der Waals surface area contributed by atoms with E-state index in [4.69, 9.17) is 11.6 Å². The molecule has 2 N–H and O–H groups in total. The maximum absolute atomic E-state index is 13.1.